The minimum atomic E-state index is -0.520. The SMILES string of the molecule is N.O.O=[N+]([O-])c1ccnc(Cl)c1. The number of hydrogen-bond donors (Lipinski definition) is 1. The van der Waals surface area contributed by atoms with Crippen LogP contribution in [0.4, 0.5) is 5.69 Å². The van der Waals surface area contributed by atoms with Gasteiger partial charge in [-0.15, -0.1) is 0 Å². The summed E-state index contributed by atoms with van der Waals surface area (Å²) in [5.74, 6) is 0. The topological polar surface area (TPSA) is 123 Å². The van der Waals surface area contributed by atoms with E-state index in [1.165, 1.54) is 18.3 Å². The zero-order chi connectivity index (χ0) is 7.56. The van der Waals surface area contributed by atoms with Gasteiger partial charge in [0, 0.05) is 12.3 Å². The molecule has 6 nitrogen and oxygen atoms in total. The zero-order valence-corrected chi connectivity index (χ0v) is 6.78. The van der Waals surface area contributed by atoms with Gasteiger partial charge in [-0.25, -0.2) is 4.98 Å². The van der Waals surface area contributed by atoms with Crippen molar-refractivity contribution < 1.29 is 10.4 Å². The maximum absolute atomic E-state index is 10.1. The molecule has 0 amide bonds. The van der Waals surface area contributed by atoms with Crippen molar-refractivity contribution in [2.75, 3.05) is 0 Å². The Labute approximate surface area is 73.2 Å². The summed E-state index contributed by atoms with van der Waals surface area (Å²) in [5.41, 5.74) is -0.0417. The van der Waals surface area contributed by atoms with Crippen LogP contribution in [0.15, 0.2) is 18.3 Å². The molecular weight excluding hydrogens is 186 g/mol. The number of halogens is 1. The molecule has 0 fully saturated rings. The minimum absolute atomic E-state index is 0. The maximum Gasteiger partial charge on any atom is 0.274 e. The van der Waals surface area contributed by atoms with E-state index in [9.17, 15) is 10.1 Å². The molecule has 0 atom stereocenters. The smallest absolute Gasteiger partial charge is 0.274 e. The van der Waals surface area contributed by atoms with E-state index in [2.05, 4.69) is 4.98 Å². The van der Waals surface area contributed by atoms with E-state index in [-0.39, 0.29) is 22.5 Å². The molecule has 68 valence electrons. The molecule has 1 aromatic heterocycles. The average molecular weight is 194 g/mol. The number of hydrogen-bond acceptors (Lipinski definition) is 4. The third-order valence-electron chi connectivity index (χ3n) is 0.921. The molecule has 0 aliphatic rings. The first-order chi connectivity index (χ1) is 4.70. The van der Waals surface area contributed by atoms with E-state index in [1.807, 2.05) is 0 Å². The second-order valence-electron chi connectivity index (χ2n) is 1.59. The lowest BCUT2D eigenvalue weighted by atomic mass is 10.4. The Bertz CT molecular complexity index is 268. The van der Waals surface area contributed by atoms with Crippen LogP contribution in [0.3, 0.4) is 0 Å². The van der Waals surface area contributed by atoms with E-state index >= 15 is 0 Å². The molecule has 0 aliphatic heterocycles. The predicted molar refractivity (Wildman–Crippen MR) is 44.5 cm³/mol. The van der Waals surface area contributed by atoms with Crippen molar-refractivity contribution in [2.24, 2.45) is 0 Å². The average Bonchev–Trinajstić information content (AvgIpc) is 1.88. The number of nitrogens with zero attached hydrogens (tertiary/aromatic N) is 2. The fourth-order valence-electron chi connectivity index (χ4n) is 0.506. The molecule has 0 spiro atoms. The lowest BCUT2D eigenvalue weighted by Crippen LogP contribution is -1.87. The normalized spacial score (nSPS) is 7.75. The lowest BCUT2D eigenvalue weighted by molar-refractivity contribution is -0.384. The second kappa shape index (κ2) is 5.42. The van der Waals surface area contributed by atoms with Crippen LogP contribution in [0.5, 0.6) is 0 Å². The Morgan fingerprint density at radius 1 is 1.58 bits per heavy atom. The summed E-state index contributed by atoms with van der Waals surface area (Å²) < 4.78 is 0. The zero-order valence-electron chi connectivity index (χ0n) is 6.03. The Morgan fingerprint density at radius 2 is 2.17 bits per heavy atom. The van der Waals surface area contributed by atoms with Gasteiger partial charge in [0.05, 0.1) is 11.0 Å². The van der Waals surface area contributed by atoms with Crippen LogP contribution in [0.1, 0.15) is 0 Å². The van der Waals surface area contributed by atoms with Crippen molar-refractivity contribution >= 4 is 17.3 Å². The summed E-state index contributed by atoms with van der Waals surface area (Å²) in [6.07, 6.45) is 1.29. The van der Waals surface area contributed by atoms with Crippen LogP contribution in [0.2, 0.25) is 5.15 Å². The van der Waals surface area contributed by atoms with Gasteiger partial charge < -0.3 is 11.6 Å². The van der Waals surface area contributed by atoms with E-state index in [0.717, 1.165) is 0 Å². The summed E-state index contributed by atoms with van der Waals surface area (Å²) >= 11 is 5.37. The Balaban J connectivity index is 0. The Morgan fingerprint density at radius 3 is 2.50 bits per heavy atom. The standard InChI is InChI=1S/C5H3ClN2O2.H3N.H2O/c6-5-3-4(8(9)10)1-2-7-5;;/h1-3H;1H3;1H2. The van der Waals surface area contributed by atoms with E-state index in [0.29, 0.717) is 0 Å². The molecule has 1 rings (SSSR count). The summed E-state index contributed by atoms with van der Waals surface area (Å²) in [7, 11) is 0. The van der Waals surface area contributed by atoms with Gasteiger partial charge >= 0.3 is 0 Å². The molecule has 0 bridgehead atoms. The van der Waals surface area contributed by atoms with Crippen LogP contribution in [0.25, 0.3) is 0 Å². The van der Waals surface area contributed by atoms with E-state index in [4.69, 9.17) is 11.6 Å². The van der Waals surface area contributed by atoms with Crippen molar-refractivity contribution in [2.45, 2.75) is 0 Å². The van der Waals surface area contributed by atoms with Gasteiger partial charge in [-0.3, -0.25) is 10.1 Å². The molecule has 1 aromatic rings. The third kappa shape index (κ3) is 3.24. The largest absolute Gasteiger partial charge is 0.412 e. The molecule has 1 heterocycles. The first-order valence-electron chi connectivity index (χ1n) is 2.46. The molecule has 0 saturated carbocycles. The van der Waals surface area contributed by atoms with Crippen molar-refractivity contribution in [3.63, 3.8) is 0 Å². The van der Waals surface area contributed by atoms with Gasteiger partial charge in [-0.1, -0.05) is 11.6 Å². The fourth-order valence-corrected chi connectivity index (χ4v) is 0.674. The number of nitro groups is 1. The van der Waals surface area contributed by atoms with Crippen LogP contribution in [0, 0.1) is 10.1 Å². The highest BCUT2D eigenvalue weighted by molar-refractivity contribution is 6.29. The van der Waals surface area contributed by atoms with Crippen LogP contribution >= 0.6 is 11.6 Å². The molecule has 0 aromatic carbocycles. The van der Waals surface area contributed by atoms with Crippen LogP contribution in [-0.2, 0) is 0 Å². The fraction of sp³-hybridized carbons (Fsp3) is 0. The van der Waals surface area contributed by atoms with Gasteiger partial charge in [0.2, 0.25) is 0 Å². The predicted octanol–water partition coefficient (Wildman–Crippen LogP) is 0.980. The van der Waals surface area contributed by atoms with E-state index in [1.54, 1.807) is 0 Å². The first kappa shape index (κ1) is 13.4. The molecule has 0 unspecified atom stereocenters. The Hall–Kier alpha value is -1.24. The summed E-state index contributed by atoms with van der Waals surface area (Å²) in [6, 6.07) is 2.48. The maximum atomic E-state index is 10.1. The molecule has 7 heteroatoms. The van der Waals surface area contributed by atoms with Gasteiger partial charge in [0.25, 0.3) is 5.69 Å². The Kier molecular flexibility index (Phi) is 6.03. The quantitative estimate of drug-likeness (QED) is 0.406. The van der Waals surface area contributed by atoms with Crippen molar-refractivity contribution in [1.29, 1.82) is 0 Å². The van der Waals surface area contributed by atoms with Crippen molar-refractivity contribution in [1.82, 2.24) is 11.1 Å². The molecular formula is C5H8ClN3O3. The number of rotatable bonds is 1. The lowest BCUT2D eigenvalue weighted by Gasteiger charge is -1.88. The second-order valence-corrected chi connectivity index (χ2v) is 1.98. The van der Waals surface area contributed by atoms with Gasteiger partial charge in [0.15, 0.2) is 0 Å². The molecule has 5 N–H and O–H groups in total. The summed E-state index contributed by atoms with van der Waals surface area (Å²) in [5, 5.41) is 10.2. The first-order valence-corrected chi connectivity index (χ1v) is 2.84. The monoisotopic (exact) mass is 193 g/mol. The van der Waals surface area contributed by atoms with Crippen molar-refractivity contribution in [3.8, 4) is 0 Å². The van der Waals surface area contributed by atoms with Crippen LogP contribution in [-0.4, -0.2) is 15.4 Å². The molecule has 0 radical (unpaired) electrons. The highest BCUT2D eigenvalue weighted by atomic mass is 35.5. The highest BCUT2D eigenvalue weighted by Crippen LogP contribution is 2.13. The van der Waals surface area contributed by atoms with Crippen LogP contribution < -0.4 is 6.15 Å². The molecule has 12 heavy (non-hydrogen) atoms. The van der Waals surface area contributed by atoms with Crippen molar-refractivity contribution in [3.05, 3.63) is 33.6 Å². The number of aromatic nitrogens is 1. The van der Waals surface area contributed by atoms with Gasteiger partial charge in [-0.05, 0) is 0 Å². The third-order valence-corrected chi connectivity index (χ3v) is 1.13. The molecule has 0 aliphatic carbocycles. The molecule has 0 saturated heterocycles. The van der Waals surface area contributed by atoms with E-state index < -0.39 is 4.92 Å². The summed E-state index contributed by atoms with van der Waals surface area (Å²) in [6.45, 7) is 0. The minimum Gasteiger partial charge on any atom is -0.412 e. The summed E-state index contributed by atoms with van der Waals surface area (Å²) in [4.78, 5) is 13.1. The van der Waals surface area contributed by atoms with Gasteiger partial charge in [-0.2, -0.15) is 0 Å². The number of pyridine rings is 1. The van der Waals surface area contributed by atoms with Gasteiger partial charge in [0.1, 0.15) is 5.15 Å². The highest BCUT2D eigenvalue weighted by Gasteiger charge is 2.03.